The molecule has 2 heterocycles. The first-order valence-electron chi connectivity index (χ1n) is 9.99. The van der Waals surface area contributed by atoms with Gasteiger partial charge in [0.1, 0.15) is 22.6 Å². The number of nitrogens with zero attached hydrogens (tertiary/aromatic N) is 4. The van der Waals surface area contributed by atoms with Crippen LogP contribution in [0.2, 0.25) is 0 Å². The van der Waals surface area contributed by atoms with Gasteiger partial charge in [-0.2, -0.15) is 9.47 Å². The molecule has 3 N–H and O–H groups in total. The Kier molecular flexibility index (Phi) is 6.94. The first-order valence-corrected chi connectivity index (χ1v) is 10.8. The van der Waals surface area contributed by atoms with Gasteiger partial charge in [0.15, 0.2) is 6.21 Å². The maximum atomic E-state index is 13.4. The number of anilines is 1. The summed E-state index contributed by atoms with van der Waals surface area (Å²) in [5, 5.41) is 10.2. The van der Waals surface area contributed by atoms with E-state index >= 15 is 0 Å². The van der Waals surface area contributed by atoms with Gasteiger partial charge in [0.2, 0.25) is 0 Å². The Morgan fingerprint density at radius 3 is 2.90 bits per heavy atom. The van der Waals surface area contributed by atoms with Crippen molar-refractivity contribution in [3.63, 3.8) is 0 Å². The van der Waals surface area contributed by atoms with Crippen molar-refractivity contribution in [1.29, 1.82) is 0 Å². The summed E-state index contributed by atoms with van der Waals surface area (Å²) < 4.78 is 10.1. The van der Waals surface area contributed by atoms with Crippen LogP contribution in [0, 0.1) is 0 Å². The molecule has 1 aliphatic heterocycles. The zero-order valence-electron chi connectivity index (χ0n) is 17.8. The lowest BCUT2D eigenvalue weighted by atomic mass is 9.92. The summed E-state index contributed by atoms with van der Waals surface area (Å²) in [7, 11) is 1.67. The number of ether oxygens (including phenoxy) is 1. The van der Waals surface area contributed by atoms with Crippen LogP contribution in [0.15, 0.2) is 29.4 Å². The van der Waals surface area contributed by atoms with Crippen LogP contribution >= 0.6 is 11.5 Å². The fourth-order valence-electron chi connectivity index (χ4n) is 3.40. The Labute approximate surface area is 181 Å². The summed E-state index contributed by atoms with van der Waals surface area (Å²) in [6.07, 6.45) is 4.61. The molecule has 1 aromatic heterocycles. The molecule has 0 unspecified atom stereocenters. The number of carbonyl (C=O) groups is 1. The highest BCUT2D eigenvalue weighted by molar-refractivity contribution is 7.05. The van der Waals surface area contributed by atoms with Gasteiger partial charge in [0.25, 0.3) is 5.91 Å². The molecule has 1 aliphatic rings. The number of nitrogens with two attached hydrogens (primary N) is 1. The number of methoxy groups -OCH3 is 1. The van der Waals surface area contributed by atoms with E-state index in [0.717, 1.165) is 23.7 Å². The summed E-state index contributed by atoms with van der Waals surface area (Å²) in [6.45, 7) is 6.62. The minimum Gasteiger partial charge on any atom is -0.372 e. The molecule has 3 rings (SSSR count). The predicted octanol–water partition coefficient (Wildman–Crippen LogP) is 2.06. The molecule has 0 spiro atoms. The second-order valence-electron chi connectivity index (χ2n) is 7.88. The Balaban J connectivity index is 1.80. The molecular formula is C21H29N6O2S+. The SMILES string of the molecule is COC(C)(C)c1nc([C@@H]2CC[C@@H](C)N(C(=O)c3ccccc3N/N=C\C=[NH2+])C2)ns1. The van der Waals surface area contributed by atoms with Crippen molar-refractivity contribution in [1.82, 2.24) is 14.3 Å². The number of likely N-dealkylation sites (tertiary alicyclic amines) is 1. The standard InChI is InChI=1S/C21H28N6O2S/c1-14-9-10-15(18-24-20(30-26-18)21(2,3)29-4)13-27(14)19(28)16-7-5-6-8-17(16)25-23-12-11-22/h5-8,11-12,14-15,22,25H,9-10,13H2,1-4H3/p+1/b22-11?,23-12-/t14-,15-/m1/s1. The van der Waals surface area contributed by atoms with E-state index in [4.69, 9.17) is 15.1 Å². The highest BCUT2D eigenvalue weighted by atomic mass is 32.1. The van der Waals surface area contributed by atoms with Gasteiger partial charge >= 0.3 is 0 Å². The average Bonchev–Trinajstić information content (AvgIpc) is 3.25. The minimum atomic E-state index is -0.473. The number of hydrogen-bond donors (Lipinski definition) is 2. The molecule has 8 nitrogen and oxygen atoms in total. The van der Waals surface area contributed by atoms with Gasteiger partial charge < -0.3 is 9.64 Å². The lowest BCUT2D eigenvalue weighted by molar-refractivity contribution is -0.102. The van der Waals surface area contributed by atoms with Crippen LogP contribution in [0.25, 0.3) is 0 Å². The number of rotatable bonds is 7. The number of hydrogen-bond acceptors (Lipinski definition) is 7. The normalized spacial score (nSPS) is 19.8. The minimum absolute atomic E-state index is 0.0325. The molecule has 160 valence electrons. The summed E-state index contributed by atoms with van der Waals surface area (Å²) >= 11 is 1.37. The van der Waals surface area contributed by atoms with E-state index in [0.29, 0.717) is 17.8 Å². The molecule has 2 aromatic rings. The van der Waals surface area contributed by atoms with E-state index < -0.39 is 5.60 Å². The van der Waals surface area contributed by atoms with E-state index in [1.54, 1.807) is 7.11 Å². The van der Waals surface area contributed by atoms with Crippen molar-refractivity contribution >= 4 is 35.6 Å². The predicted molar refractivity (Wildman–Crippen MR) is 119 cm³/mol. The highest BCUT2D eigenvalue weighted by Crippen LogP contribution is 2.33. The lowest BCUT2D eigenvalue weighted by Gasteiger charge is -2.37. The van der Waals surface area contributed by atoms with Crippen molar-refractivity contribution in [2.45, 2.75) is 51.2 Å². The highest BCUT2D eigenvalue weighted by Gasteiger charge is 2.34. The van der Waals surface area contributed by atoms with Crippen LogP contribution in [-0.2, 0) is 10.3 Å². The number of carbonyl (C=O) groups excluding carboxylic acids is 1. The molecule has 1 aromatic carbocycles. The van der Waals surface area contributed by atoms with E-state index in [9.17, 15) is 4.79 Å². The molecule has 0 bridgehead atoms. The molecule has 9 heteroatoms. The summed E-state index contributed by atoms with van der Waals surface area (Å²) in [4.78, 5) is 20.0. The van der Waals surface area contributed by atoms with Crippen LogP contribution in [0.3, 0.4) is 0 Å². The summed E-state index contributed by atoms with van der Waals surface area (Å²) in [5.74, 6) is 0.863. The third kappa shape index (κ3) is 4.73. The van der Waals surface area contributed by atoms with E-state index in [-0.39, 0.29) is 17.9 Å². The molecule has 1 amide bonds. The fraction of sp³-hybridized carbons (Fsp3) is 0.476. The first kappa shape index (κ1) is 22.0. The molecule has 0 radical (unpaired) electrons. The summed E-state index contributed by atoms with van der Waals surface area (Å²) in [5.41, 5.74) is 3.64. The van der Waals surface area contributed by atoms with Crippen LogP contribution in [0.1, 0.15) is 60.7 Å². The Morgan fingerprint density at radius 2 is 2.17 bits per heavy atom. The van der Waals surface area contributed by atoms with Crippen molar-refractivity contribution in [2.75, 3.05) is 19.1 Å². The van der Waals surface area contributed by atoms with Crippen molar-refractivity contribution < 1.29 is 14.9 Å². The average molecular weight is 430 g/mol. The molecule has 30 heavy (non-hydrogen) atoms. The van der Waals surface area contributed by atoms with Crippen LogP contribution < -0.4 is 10.8 Å². The number of para-hydroxylation sites is 1. The lowest BCUT2D eigenvalue weighted by Crippen LogP contribution is -2.45. The van der Waals surface area contributed by atoms with Crippen LogP contribution in [0.5, 0.6) is 0 Å². The monoisotopic (exact) mass is 429 g/mol. The number of aromatic nitrogens is 2. The summed E-state index contributed by atoms with van der Waals surface area (Å²) in [6, 6.07) is 7.49. The van der Waals surface area contributed by atoms with Gasteiger partial charge in [-0.15, -0.1) is 0 Å². The van der Waals surface area contributed by atoms with Crippen molar-refractivity contribution in [3.8, 4) is 0 Å². The maximum absolute atomic E-state index is 13.4. The number of amides is 1. The first-order chi connectivity index (χ1) is 14.4. The van der Waals surface area contributed by atoms with Gasteiger partial charge in [-0.3, -0.25) is 15.6 Å². The van der Waals surface area contributed by atoms with Gasteiger partial charge in [0.05, 0.1) is 11.3 Å². The Morgan fingerprint density at radius 1 is 1.40 bits per heavy atom. The molecular weight excluding hydrogens is 400 g/mol. The number of nitrogens with one attached hydrogen (secondary N) is 1. The molecule has 0 aliphatic carbocycles. The zero-order valence-corrected chi connectivity index (χ0v) is 18.6. The fourth-order valence-corrected chi connectivity index (χ4v) is 4.21. The number of benzene rings is 1. The van der Waals surface area contributed by atoms with Crippen molar-refractivity contribution in [2.24, 2.45) is 5.10 Å². The topological polar surface area (TPSA) is 105 Å². The third-order valence-electron chi connectivity index (χ3n) is 5.48. The van der Waals surface area contributed by atoms with E-state index in [1.807, 2.05) is 43.0 Å². The van der Waals surface area contributed by atoms with Gasteiger partial charge in [-0.25, -0.2) is 4.98 Å². The number of piperidine rings is 1. The second-order valence-corrected chi connectivity index (χ2v) is 8.63. The largest absolute Gasteiger partial charge is 0.372 e. The van der Waals surface area contributed by atoms with Gasteiger partial charge in [-0.1, -0.05) is 12.1 Å². The quantitative estimate of drug-likeness (QED) is 0.518. The van der Waals surface area contributed by atoms with Crippen molar-refractivity contribution in [3.05, 3.63) is 40.7 Å². The van der Waals surface area contributed by atoms with Gasteiger partial charge in [0, 0.05) is 25.6 Å². The van der Waals surface area contributed by atoms with E-state index in [2.05, 4.69) is 21.8 Å². The molecule has 2 atom stereocenters. The Hall–Kier alpha value is -2.65. The smallest absolute Gasteiger partial charge is 0.256 e. The third-order valence-corrected chi connectivity index (χ3v) is 6.51. The molecule has 1 fully saturated rings. The zero-order chi connectivity index (χ0) is 21.7. The van der Waals surface area contributed by atoms with E-state index in [1.165, 1.54) is 24.0 Å². The van der Waals surface area contributed by atoms with Crippen LogP contribution in [0.4, 0.5) is 5.69 Å². The molecule has 0 saturated carbocycles. The Bertz CT molecular complexity index is 926. The van der Waals surface area contributed by atoms with Crippen LogP contribution in [-0.4, -0.2) is 52.3 Å². The molecule has 1 saturated heterocycles. The second kappa shape index (κ2) is 9.44. The van der Waals surface area contributed by atoms with Gasteiger partial charge in [-0.05, 0) is 57.3 Å². The number of hydrazone groups is 1. The maximum Gasteiger partial charge on any atom is 0.256 e.